The van der Waals surface area contributed by atoms with Gasteiger partial charge in [0.1, 0.15) is 6.04 Å². The number of likely N-dealkylation sites (tertiary alicyclic amines) is 1. The number of amides is 1. The second-order valence-electron chi connectivity index (χ2n) is 5.48. The van der Waals surface area contributed by atoms with Gasteiger partial charge in [-0.05, 0) is 32.6 Å². The molecule has 0 bridgehead atoms. The van der Waals surface area contributed by atoms with Crippen molar-refractivity contribution in [3.63, 3.8) is 0 Å². The van der Waals surface area contributed by atoms with E-state index in [-0.39, 0.29) is 5.91 Å². The molecule has 0 aromatic carbocycles. The summed E-state index contributed by atoms with van der Waals surface area (Å²) in [5, 5.41) is 21.3. The van der Waals surface area contributed by atoms with Crippen molar-refractivity contribution in [1.82, 2.24) is 10.2 Å². The summed E-state index contributed by atoms with van der Waals surface area (Å²) in [6.45, 7) is 9.17. The maximum absolute atomic E-state index is 11.1. The molecule has 1 rings (SSSR count). The minimum atomic E-state index is -0.782. The van der Waals surface area contributed by atoms with Gasteiger partial charge in [-0.25, -0.2) is 0 Å². The third-order valence-corrected chi connectivity index (χ3v) is 3.53. The Labute approximate surface area is 133 Å². The molecule has 6 heteroatoms. The molecular formula is C16H30N2O4. The molecule has 6 nitrogen and oxygen atoms in total. The quantitative estimate of drug-likeness (QED) is 0.642. The number of aliphatic hydroxyl groups excluding tert-OH is 1. The molecule has 3 N–H and O–H groups in total. The van der Waals surface area contributed by atoms with Crippen molar-refractivity contribution in [2.45, 2.75) is 52.7 Å². The second-order valence-corrected chi connectivity index (χ2v) is 5.48. The summed E-state index contributed by atoms with van der Waals surface area (Å²) >= 11 is 0. The zero-order chi connectivity index (χ0) is 17.1. The Kier molecular flexibility index (Phi) is 10.5. The number of carbonyl (C=O) groups excluding carboxylic acids is 1. The Morgan fingerprint density at radius 2 is 2.05 bits per heavy atom. The summed E-state index contributed by atoms with van der Waals surface area (Å²) in [5.74, 6) is -0.442. The molecule has 1 unspecified atom stereocenters. The first-order valence-corrected chi connectivity index (χ1v) is 7.87. The molecule has 3 atom stereocenters. The molecule has 22 heavy (non-hydrogen) atoms. The third kappa shape index (κ3) is 8.14. The van der Waals surface area contributed by atoms with Crippen LogP contribution in [-0.2, 0) is 9.59 Å². The van der Waals surface area contributed by atoms with E-state index in [1.54, 1.807) is 0 Å². The van der Waals surface area contributed by atoms with Crippen LogP contribution in [0, 0.1) is 5.92 Å². The Morgan fingerprint density at radius 1 is 1.41 bits per heavy atom. The highest BCUT2D eigenvalue weighted by Crippen LogP contribution is 2.24. The highest BCUT2D eigenvalue weighted by Gasteiger charge is 2.36. The molecule has 128 valence electrons. The second kappa shape index (κ2) is 11.2. The van der Waals surface area contributed by atoms with Crippen molar-refractivity contribution in [2.75, 3.05) is 19.6 Å². The molecule has 1 aliphatic rings. The number of carboxylic acid groups (broad SMARTS) is 1. The highest BCUT2D eigenvalue weighted by molar-refractivity contribution is 5.74. The Bertz CT molecular complexity index is 371. The van der Waals surface area contributed by atoms with Gasteiger partial charge in [0.2, 0.25) is 5.91 Å². The molecule has 0 aromatic rings. The monoisotopic (exact) mass is 314 g/mol. The van der Waals surface area contributed by atoms with Crippen LogP contribution in [0.3, 0.4) is 0 Å². The first-order valence-electron chi connectivity index (χ1n) is 7.87. The third-order valence-electron chi connectivity index (χ3n) is 3.53. The number of hydrogen-bond acceptors (Lipinski definition) is 4. The van der Waals surface area contributed by atoms with Crippen LogP contribution in [0.5, 0.6) is 0 Å². The van der Waals surface area contributed by atoms with Crippen LogP contribution < -0.4 is 5.32 Å². The number of aliphatic carboxylic acids is 1. The molecule has 0 spiro atoms. The molecule has 1 saturated heterocycles. The van der Waals surface area contributed by atoms with Crippen molar-refractivity contribution in [1.29, 1.82) is 0 Å². The van der Waals surface area contributed by atoms with E-state index in [9.17, 15) is 14.7 Å². The van der Waals surface area contributed by atoms with Crippen molar-refractivity contribution < 1.29 is 19.8 Å². The van der Waals surface area contributed by atoms with Crippen LogP contribution in [0.15, 0.2) is 12.2 Å². The average molecular weight is 314 g/mol. The maximum atomic E-state index is 11.1. The van der Waals surface area contributed by atoms with Gasteiger partial charge in [-0.2, -0.15) is 0 Å². The van der Waals surface area contributed by atoms with Gasteiger partial charge in [0.05, 0.1) is 6.10 Å². The molecule has 0 aromatic heterocycles. The van der Waals surface area contributed by atoms with E-state index in [4.69, 9.17) is 5.11 Å². The summed E-state index contributed by atoms with van der Waals surface area (Å²) in [4.78, 5) is 22.9. The van der Waals surface area contributed by atoms with Crippen LogP contribution in [-0.4, -0.2) is 58.8 Å². The zero-order valence-corrected chi connectivity index (χ0v) is 14.1. The Hall–Kier alpha value is -1.40. The number of carbonyl (C=O) groups is 2. The topological polar surface area (TPSA) is 89.9 Å². The van der Waals surface area contributed by atoms with Gasteiger partial charge in [-0.15, -0.1) is 0 Å². The molecule has 0 saturated carbocycles. The summed E-state index contributed by atoms with van der Waals surface area (Å²) in [6.07, 6.45) is 4.90. The Balaban J connectivity index is 0.000000626. The molecular weight excluding hydrogens is 284 g/mol. The van der Waals surface area contributed by atoms with Gasteiger partial charge in [-0.3, -0.25) is 14.5 Å². The normalized spacial score (nSPS) is 23.0. The summed E-state index contributed by atoms with van der Waals surface area (Å²) < 4.78 is 0. The molecule has 0 aliphatic carbocycles. The number of β-amino-alcohol motifs (C(OH)–C–C–N with tert-alkyl or cyclic N) is 1. The zero-order valence-electron chi connectivity index (χ0n) is 14.1. The fraction of sp³-hybridized carbons (Fsp3) is 0.750. The summed E-state index contributed by atoms with van der Waals surface area (Å²) in [5.41, 5.74) is 0. The van der Waals surface area contributed by atoms with Crippen molar-refractivity contribution in [2.24, 2.45) is 5.92 Å². The van der Waals surface area contributed by atoms with Gasteiger partial charge in [0.25, 0.3) is 0 Å². The maximum Gasteiger partial charge on any atom is 0.320 e. The molecule has 1 fully saturated rings. The van der Waals surface area contributed by atoms with Gasteiger partial charge < -0.3 is 15.5 Å². The first kappa shape index (κ1) is 20.6. The number of carboxylic acids is 1. The molecule has 1 aliphatic heterocycles. The van der Waals surface area contributed by atoms with E-state index in [0.29, 0.717) is 25.3 Å². The summed E-state index contributed by atoms with van der Waals surface area (Å²) in [6, 6.07) is -0.442. The molecule has 1 heterocycles. The predicted octanol–water partition coefficient (Wildman–Crippen LogP) is 1.25. The smallest absolute Gasteiger partial charge is 0.320 e. The minimum absolute atomic E-state index is 0.0394. The number of nitrogens with zero attached hydrogens (tertiary/aromatic N) is 1. The minimum Gasteiger partial charge on any atom is -0.480 e. The van der Waals surface area contributed by atoms with Crippen LogP contribution in [0.2, 0.25) is 0 Å². The highest BCUT2D eigenvalue weighted by atomic mass is 16.4. The van der Waals surface area contributed by atoms with Crippen molar-refractivity contribution in [3.05, 3.63) is 12.2 Å². The number of aliphatic hydroxyl groups is 1. The number of nitrogens with one attached hydrogen (secondary N) is 1. The van der Waals surface area contributed by atoms with Crippen LogP contribution in [0.25, 0.3) is 0 Å². The lowest BCUT2D eigenvalue weighted by Gasteiger charge is -2.23. The number of allylic oxidation sites excluding steroid dienone is 1. The SMILES string of the molecule is CC=C[C@@H]1C[C@H](C(=O)O)N(CC(O)CC)C1.CCNC(C)=O. The first-order chi connectivity index (χ1) is 10.3. The average Bonchev–Trinajstić information content (AvgIpc) is 2.82. The van der Waals surface area contributed by atoms with Crippen LogP contribution in [0.1, 0.15) is 40.5 Å². The van der Waals surface area contributed by atoms with Crippen LogP contribution in [0.4, 0.5) is 0 Å². The number of rotatable bonds is 6. The van der Waals surface area contributed by atoms with Gasteiger partial charge >= 0.3 is 5.97 Å². The largest absolute Gasteiger partial charge is 0.480 e. The van der Waals surface area contributed by atoms with Gasteiger partial charge in [-0.1, -0.05) is 19.1 Å². The molecule has 0 radical (unpaired) electrons. The van der Waals surface area contributed by atoms with E-state index in [0.717, 1.165) is 13.1 Å². The van der Waals surface area contributed by atoms with Gasteiger partial charge in [0.15, 0.2) is 0 Å². The van der Waals surface area contributed by atoms with E-state index < -0.39 is 18.1 Å². The Morgan fingerprint density at radius 3 is 2.41 bits per heavy atom. The van der Waals surface area contributed by atoms with Crippen LogP contribution >= 0.6 is 0 Å². The standard InChI is InChI=1S/C12H21NO3.C4H9NO/c1-3-5-9-6-11(12(15)16)13(7-9)8-10(14)4-2;1-3-5-4(2)6/h3,5,9-11,14H,4,6-8H2,1-2H3,(H,15,16);3H2,1-2H3,(H,5,6)/t9-,10?,11-;/m1./s1. The fourth-order valence-electron chi connectivity index (χ4n) is 2.46. The van der Waals surface area contributed by atoms with Gasteiger partial charge in [0, 0.05) is 26.6 Å². The van der Waals surface area contributed by atoms with E-state index in [1.165, 1.54) is 6.92 Å². The summed E-state index contributed by atoms with van der Waals surface area (Å²) in [7, 11) is 0. The predicted molar refractivity (Wildman–Crippen MR) is 86.6 cm³/mol. The van der Waals surface area contributed by atoms with E-state index in [2.05, 4.69) is 5.32 Å². The van der Waals surface area contributed by atoms with Crippen molar-refractivity contribution in [3.8, 4) is 0 Å². The number of hydrogen-bond donors (Lipinski definition) is 3. The lowest BCUT2D eigenvalue weighted by Crippen LogP contribution is -2.40. The lowest BCUT2D eigenvalue weighted by atomic mass is 10.1. The molecule has 1 amide bonds. The van der Waals surface area contributed by atoms with Crippen molar-refractivity contribution >= 4 is 11.9 Å². The fourth-order valence-corrected chi connectivity index (χ4v) is 2.46. The lowest BCUT2D eigenvalue weighted by molar-refractivity contribution is -0.142. The van der Waals surface area contributed by atoms with E-state index in [1.807, 2.05) is 37.8 Å². The van der Waals surface area contributed by atoms with E-state index >= 15 is 0 Å².